The van der Waals surface area contributed by atoms with Gasteiger partial charge in [-0.15, -0.1) is 11.3 Å². The van der Waals surface area contributed by atoms with Gasteiger partial charge in [0.25, 0.3) is 0 Å². The van der Waals surface area contributed by atoms with Gasteiger partial charge in [0.15, 0.2) is 0 Å². The van der Waals surface area contributed by atoms with E-state index in [9.17, 15) is 0 Å². The lowest BCUT2D eigenvalue weighted by atomic mass is 10.3. The molecule has 0 fully saturated rings. The van der Waals surface area contributed by atoms with E-state index in [-0.39, 0.29) is 0 Å². The highest BCUT2D eigenvalue weighted by molar-refractivity contribution is 7.09. The summed E-state index contributed by atoms with van der Waals surface area (Å²) in [7, 11) is 2.02. The quantitative estimate of drug-likeness (QED) is 0.906. The maximum absolute atomic E-state index is 5.86. The van der Waals surface area contributed by atoms with E-state index in [2.05, 4.69) is 32.4 Å². The van der Waals surface area contributed by atoms with Crippen molar-refractivity contribution in [2.24, 2.45) is 0 Å². The summed E-state index contributed by atoms with van der Waals surface area (Å²) in [4.78, 5) is 12.0. The van der Waals surface area contributed by atoms with Crippen molar-refractivity contribution in [2.75, 3.05) is 17.7 Å². The Hall–Kier alpha value is -1.62. The Morgan fingerprint density at radius 2 is 2.12 bits per heavy atom. The highest BCUT2D eigenvalue weighted by Crippen LogP contribution is 2.22. The van der Waals surface area contributed by atoms with Crippen molar-refractivity contribution in [3.63, 3.8) is 0 Å². The summed E-state index contributed by atoms with van der Waals surface area (Å²) < 4.78 is 0. The van der Waals surface area contributed by atoms with Crippen LogP contribution in [0.25, 0.3) is 0 Å². The first kappa shape index (κ1) is 11.9. The molecule has 0 aromatic carbocycles. The minimum atomic E-state index is 0.561. The highest BCUT2D eigenvalue weighted by atomic mass is 32.1. The van der Waals surface area contributed by atoms with Crippen LogP contribution in [-0.4, -0.2) is 17.0 Å². The van der Waals surface area contributed by atoms with Crippen LogP contribution in [0.4, 0.5) is 11.6 Å². The highest BCUT2D eigenvalue weighted by Gasteiger charge is 2.11. The van der Waals surface area contributed by atoms with Gasteiger partial charge in [-0.2, -0.15) is 0 Å². The van der Waals surface area contributed by atoms with Gasteiger partial charge in [-0.25, -0.2) is 9.97 Å². The molecule has 2 aromatic heterocycles. The molecule has 0 saturated heterocycles. The van der Waals surface area contributed by atoms with Gasteiger partial charge < -0.3 is 10.6 Å². The second-order valence-electron chi connectivity index (χ2n) is 4.04. The molecule has 17 heavy (non-hydrogen) atoms. The lowest BCUT2D eigenvalue weighted by Gasteiger charge is -2.20. The Labute approximate surface area is 105 Å². The van der Waals surface area contributed by atoms with E-state index >= 15 is 0 Å². The Morgan fingerprint density at radius 3 is 2.76 bits per heavy atom. The van der Waals surface area contributed by atoms with E-state index in [1.54, 1.807) is 11.3 Å². The number of nitrogens with zero attached hydrogens (tertiary/aromatic N) is 3. The molecule has 90 valence electrons. The number of hydrogen-bond donors (Lipinski definition) is 1. The molecule has 5 heteroatoms. The molecule has 0 amide bonds. The lowest BCUT2D eigenvalue weighted by Crippen LogP contribution is -2.19. The molecule has 2 rings (SSSR count). The van der Waals surface area contributed by atoms with Crippen molar-refractivity contribution in [3.8, 4) is 0 Å². The molecule has 0 spiro atoms. The predicted octanol–water partition coefficient (Wildman–Crippen LogP) is 2.37. The molecule has 0 radical (unpaired) electrons. The van der Waals surface area contributed by atoms with Gasteiger partial charge in [0, 0.05) is 17.5 Å². The van der Waals surface area contributed by atoms with Crippen LogP contribution in [0.15, 0.2) is 17.5 Å². The zero-order valence-electron chi connectivity index (χ0n) is 10.3. The number of aryl methyl sites for hydroxylation is 1. The lowest BCUT2D eigenvalue weighted by molar-refractivity contribution is 0.883. The normalized spacial score (nSPS) is 10.5. The van der Waals surface area contributed by atoms with E-state index in [0.29, 0.717) is 11.6 Å². The molecule has 4 nitrogen and oxygen atoms in total. The summed E-state index contributed by atoms with van der Waals surface area (Å²) in [6, 6.07) is 4.17. The molecule has 0 aliphatic heterocycles. The van der Waals surface area contributed by atoms with Gasteiger partial charge >= 0.3 is 0 Å². The second kappa shape index (κ2) is 4.71. The summed E-state index contributed by atoms with van der Waals surface area (Å²) in [5.74, 6) is 2.18. The van der Waals surface area contributed by atoms with Gasteiger partial charge in [0.05, 0.1) is 6.54 Å². The van der Waals surface area contributed by atoms with E-state index in [1.807, 2.05) is 20.9 Å². The molecule has 0 saturated carbocycles. The van der Waals surface area contributed by atoms with Gasteiger partial charge in [0.1, 0.15) is 17.5 Å². The number of nitrogens with two attached hydrogens (primary N) is 1. The molecule has 0 atom stereocenters. The van der Waals surface area contributed by atoms with Crippen LogP contribution in [0.5, 0.6) is 0 Å². The van der Waals surface area contributed by atoms with E-state index in [4.69, 9.17) is 5.73 Å². The zero-order chi connectivity index (χ0) is 12.4. The number of hydrogen-bond acceptors (Lipinski definition) is 5. The van der Waals surface area contributed by atoms with Gasteiger partial charge in [0.2, 0.25) is 0 Å². The summed E-state index contributed by atoms with van der Waals surface area (Å²) in [5.41, 5.74) is 6.80. The SMILES string of the molecule is Cc1nc(N)c(C)c(N(C)Cc2cccs2)n1. The summed E-state index contributed by atoms with van der Waals surface area (Å²) >= 11 is 1.74. The third-order valence-electron chi connectivity index (χ3n) is 2.60. The first-order chi connectivity index (χ1) is 8.08. The van der Waals surface area contributed by atoms with Crippen molar-refractivity contribution >= 4 is 23.0 Å². The molecule has 0 unspecified atom stereocenters. The van der Waals surface area contributed by atoms with Crippen LogP contribution in [0.3, 0.4) is 0 Å². The minimum absolute atomic E-state index is 0.561. The fourth-order valence-corrected chi connectivity index (χ4v) is 2.47. The van der Waals surface area contributed by atoms with E-state index in [1.165, 1.54) is 4.88 Å². The van der Waals surface area contributed by atoms with Crippen LogP contribution in [0.2, 0.25) is 0 Å². The average Bonchev–Trinajstić information content (AvgIpc) is 2.76. The average molecular weight is 248 g/mol. The summed E-state index contributed by atoms with van der Waals surface area (Å²) in [5, 5.41) is 2.08. The minimum Gasteiger partial charge on any atom is -0.383 e. The Kier molecular flexibility index (Phi) is 3.28. The van der Waals surface area contributed by atoms with Crippen molar-refractivity contribution in [1.29, 1.82) is 0 Å². The third kappa shape index (κ3) is 2.55. The van der Waals surface area contributed by atoms with Crippen molar-refractivity contribution in [3.05, 3.63) is 33.8 Å². The largest absolute Gasteiger partial charge is 0.383 e. The summed E-state index contributed by atoms with van der Waals surface area (Å²) in [6.07, 6.45) is 0. The van der Waals surface area contributed by atoms with E-state index in [0.717, 1.165) is 17.9 Å². The third-order valence-corrected chi connectivity index (χ3v) is 3.47. The van der Waals surface area contributed by atoms with Crippen molar-refractivity contribution < 1.29 is 0 Å². The van der Waals surface area contributed by atoms with Crippen molar-refractivity contribution in [1.82, 2.24) is 9.97 Å². The van der Waals surface area contributed by atoms with Crippen LogP contribution >= 0.6 is 11.3 Å². The fraction of sp³-hybridized carbons (Fsp3) is 0.333. The van der Waals surface area contributed by atoms with Crippen LogP contribution in [0, 0.1) is 13.8 Å². The Balaban J connectivity index is 2.27. The van der Waals surface area contributed by atoms with Crippen LogP contribution in [0.1, 0.15) is 16.3 Å². The first-order valence-electron chi connectivity index (χ1n) is 5.42. The Bertz CT molecular complexity index is 507. The molecule has 2 N–H and O–H groups in total. The molecule has 0 aliphatic rings. The Morgan fingerprint density at radius 1 is 1.35 bits per heavy atom. The maximum Gasteiger partial charge on any atom is 0.137 e. The number of nitrogen functional groups attached to an aromatic ring is 1. The monoisotopic (exact) mass is 248 g/mol. The zero-order valence-corrected chi connectivity index (χ0v) is 11.1. The second-order valence-corrected chi connectivity index (χ2v) is 5.07. The molecule has 2 heterocycles. The first-order valence-corrected chi connectivity index (χ1v) is 6.30. The standard InChI is InChI=1S/C12H16N4S/c1-8-11(13)14-9(2)15-12(8)16(3)7-10-5-4-6-17-10/h4-6H,7H2,1-3H3,(H2,13,14,15). The van der Waals surface area contributed by atoms with Gasteiger partial charge in [-0.1, -0.05) is 6.07 Å². The number of aromatic nitrogens is 2. The van der Waals surface area contributed by atoms with Crippen molar-refractivity contribution in [2.45, 2.75) is 20.4 Å². The maximum atomic E-state index is 5.86. The van der Waals surface area contributed by atoms with Crippen LogP contribution < -0.4 is 10.6 Å². The topological polar surface area (TPSA) is 55.0 Å². The van der Waals surface area contributed by atoms with E-state index < -0.39 is 0 Å². The summed E-state index contributed by atoms with van der Waals surface area (Å²) in [6.45, 7) is 4.65. The molecular formula is C12H16N4S. The molecule has 0 bridgehead atoms. The van der Waals surface area contributed by atoms with Gasteiger partial charge in [-0.3, -0.25) is 0 Å². The number of rotatable bonds is 3. The number of anilines is 2. The number of thiophene rings is 1. The molecule has 0 aliphatic carbocycles. The smallest absolute Gasteiger partial charge is 0.137 e. The fourth-order valence-electron chi connectivity index (χ4n) is 1.72. The predicted molar refractivity (Wildman–Crippen MR) is 72.3 cm³/mol. The molecular weight excluding hydrogens is 232 g/mol. The van der Waals surface area contributed by atoms with Gasteiger partial charge in [-0.05, 0) is 25.3 Å². The molecule has 2 aromatic rings. The van der Waals surface area contributed by atoms with Crippen LogP contribution in [-0.2, 0) is 6.54 Å².